The van der Waals surface area contributed by atoms with Crippen molar-refractivity contribution < 1.29 is 9.53 Å². The number of hydrazone groups is 1. The van der Waals surface area contributed by atoms with Gasteiger partial charge < -0.3 is 10.1 Å². The lowest BCUT2D eigenvalue weighted by atomic mass is 10.2. The second-order valence-corrected chi connectivity index (χ2v) is 4.61. The number of amides is 1. The monoisotopic (exact) mass is 308 g/mol. The number of nitrogens with one attached hydrogen (secondary N) is 2. The number of methoxy groups -OCH3 is 1. The highest BCUT2D eigenvalue weighted by atomic mass is 16.5. The molecule has 2 N–H and O–H groups in total. The summed E-state index contributed by atoms with van der Waals surface area (Å²) in [7, 11) is 1.60. The predicted octanol–water partition coefficient (Wildman–Crippen LogP) is 2.13. The van der Waals surface area contributed by atoms with E-state index in [-0.39, 0.29) is 12.5 Å². The van der Waals surface area contributed by atoms with Crippen LogP contribution in [0.1, 0.15) is 11.1 Å². The third-order valence-corrected chi connectivity index (χ3v) is 2.99. The molecule has 116 valence electrons. The van der Waals surface area contributed by atoms with Crippen LogP contribution in [0.5, 0.6) is 5.75 Å². The lowest BCUT2D eigenvalue weighted by Crippen LogP contribution is -2.25. The van der Waals surface area contributed by atoms with E-state index < -0.39 is 0 Å². The average Bonchev–Trinajstić information content (AvgIpc) is 2.61. The number of nitriles is 1. The maximum atomic E-state index is 11.7. The molecule has 2 aromatic rings. The van der Waals surface area contributed by atoms with E-state index >= 15 is 0 Å². The van der Waals surface area contributed by atoms with Crippen LogP contribution in [0.2, 0.25) is 0 Å². The average molecular weight is 308 g/mol. The zero-order valence-corrected chi connectivity index (χ0v) is 12.6. The Balaban J connectivity index is 1.77. The molecule has 0 bridgehead atoms. The summed E-state index contributed by atoms with van der Waals surface area (Å²) in [4.78, 5) is 11.7. The zero-order chi connectivity index (χ0) is 16.5. The second-order valence-electron chi connectivity index (χ2n) is 4.61. The highest BCUT2D eigenvalue weighted by Crippen LogP contribution is 2.14. The van der Waals surface area contributed by atoms with Crippen LogP contribution in [0.25, 0.3) is 0 Å². The van der Waals surface area contributed by atoms with Gasteiger partial charge in [0.1, 0.15) is 5.75 Å². The highest BCUT2D eigenvalue weighted by molar-refractivity contribution is 5.84. The summed E-state index contributed by atoms with van der Waals surface area (Å²) in [5.74, 6) is 0.498. The summed E-state index contributed by atoms with van der Waals surface area (Å²) in [5, 5.41) is 15.6. The van der Waals surface area contributed by atoms with Gasteiger partial charge in [-0.05, 0) is 42.0 Å². The standard InChI is InChI=1S/C17H16N4O2/c1-23-16-8-6-15(7-9-16)19-12-17(22)21-20-11-14-4-2-13(10-18)3-5-14/h2-9,11,19H,12H2,1H3,(H,21,22)/b20-11-. The van der Waals surface area contributed by atoms with Crippen LogP contribution in [0, 0.1) is 11.3 Å². The van der Waals surface area contributed by atoms with E-state index in [1.807, 2.05) is 30.3 Å². The summed E-state index contributed by atoms with van der Waals surface area (Å²) >= 11 is 0. The van der Waals surface area contributed by atoms with E-state index in [4.69, 9.17) is 10.00 Å². The normalized spacial score (nSPS) is 10.1. The molecule has 6 heteroatoms. The van der Waals surface area contributed by atoms with E-state index in [0.29, 0.717) is 5.56 Å². The Morgan fingerprint density at radius 1 is 1.22 bits per heavy atom. The van der Waals surface area contributed by atoms with Gasteiger partial charge in [-0.3, -0.25) is 4.79 Å². The smallest absolute Gasteiger partial charge is 0.259 e. The Hall–Kier alpha value is -3.33. The van der Waals surface area contributed by atoms with Gasteiger partial charge in [0.05, 0.1) is 31.5 Å². The van der Waals surface area contributed by atoms with Gasteiger partial charge >= 0.3 is 0 Å². The summed E-state index contributed by atoms with van der Waals surface area (Å²) < 4.78 is 5.06. The number of rotatable bonds is 6. The highest BCUT2D eigenvalue weighted by Gasteiger charge is 1.99. The molecular weight excluding hydrogens is 292 g/mol. The Morgan fingerprint density at radius 3 is 2.52 bits per heavy atom. The number of ether oxygens (including phenoxy) is 1. The number of benzene rings is 2. The maximum absolute atomic E-state index is 11.7. The fourth-order valence-corrected chi connectivity index (χ4v) is 1.75. The number of hydrogen-bond donors (Lipinski definition) is 2. The lowest BCUT2D eigenvalue weighted by molar-refractivity contribution is -0.119. The summed E-state index contributed by atoms with van der Waals surface area (Å²) in [6.45, 7) is 0.108. The Labute approximate surface area is 134 Å². The van der Waals surface area contributed by atoms with Gasteiger partial charge in [-0.15, -0.1) is 0 Å². The van der Waals surface area contributed by atoms with Gasteiger partial charge in [0, 0.05) is 5.69 Å². The molecule has 0 aliphatic rings. The number of hydrogen-bond acceptors (Lipinski definition) is 5. The van der Waals surface area contributed by atoms with Crippen LogP contribution >= 0.6 is 0 Å². The maximum Gasteiger partial charge on any atom is 0.259 e. The molecule has 0 aliphatic heterocycles. The van der Waals surface area contributed by atoms with Gasteiger partial charge in [-0.25, -0.2) is 5.43 Å². The van der Waals surface area contributed by atoms with Crippen LogP contribution in [-0.4, -0.2) is 25.8 Å². The van der Waals surface area contributed by atoms with Gasteiger partial charge in [0.2, 0.25) is 0 Å². The van der Waals surface area contributed by atoms with Gasteiger partial charge in [-0.1, -0.05) is 12.1 Å². The Morgan fingerprint density at radius 2 is 1.91 bits per heavy atom. The minimum Gasteiger partial charge on any atom is -0.497 e. The number of carbonyl (C=O) groups excluding carboxylic acids is 1. The molecule has 23 heavy (non-hydrogen) atoms. The zero-order valence-electron chi connectivity index (χ0n) is 12.6. The van der Waals surface area contributed by atoms with E-state index in [0.717, 1.165) is 17.0 Å². The molecule has 2 aromatic carbocycles. The van der Waals surface area contributed by atoms with Crippen molar-refractivity contribution in [3.63, 3.8) is 0 Å². The lowest BCUT2D eigenvalue weighted by Gasteiger charge is -2.06. The third-order valence-electron chi connectivity index (χ3n) is 2.99. The van der Waals surface area contributed by atoms with Gasteiger partial charge in [-0.2, -0.15) is 10.4 Å². The molecular formula is C17H16N4O2. The molecule has 0 aliphatic carbocycles. The molecule has 0 fully saturated rings. The van der Waals surface area contributed by atoms with Crippen LogP contribution < -0.4 is 15.5 Å². The Kier molecular flexibility index (Phi) is 5.72. The molecule has 0 atom stereocenters. The van der Waals surface area contributed by atoms with Crippen molar-refractivity contribution in [2.45, 2.75) is 0 Å². The first-order valence-corrected chi connectivity index (χ1v) is 6.91. The summed E-state index contributed by atoms with van der Waals surface area (Å²) in [6.07, 6.45) is 1.52. The van der Waals surface area contributed by atoms with Gasteiger partial charge in [0.25, 0.3) is 5.91 Å². The van der Waals surface area contributed by atoms with Crippen LogP contribution in [0.15, 0.2) is 53.6 Å². The fourth-order valence-electron chi connectivity index (χ4n) is 1.75. The van der Waals surface area contributed by atoms with Crippen molar-refractivity contribution in [3.05, 3.63) is 59.7 Å². The molecule has 0 saturated heterocycles. The number of carbonyl (C=O) groups is 1. The van der Waals surface area contributed by atoms with Crippen molar-refractivity contribution in [1.82, 2.24) is 5.43 Å². The molecule has 2 rings (SSSR count). The van der Waals surface area contributed by atoms with Crippen molar-refractivity contribution >= 4 is 17.8 Å². The van der Waals surface area contributed by atoms with E-state index in [1.54, 1.807) is 31.4 Å². The van der Waals surface area contributed by atoms with Crippen molar-refractivity contribution in [3.8, 4) is 11.8 Å². The minimum atomic E-state index is -0.259. The largest absolute Gasteiger partial charge is 0.497 e. The summed E-state index contributed by atoms with van der Waals surface area (Å²) in [6, 6.07) is 16.2. The van der Waals surface area contributed by atoms with Crippen LogP contribution in [0.3, 0.4) is 0 Å². The second kappa shape index (κ2) is 8.20. The molecule has 0 heterocycles. The minimum absolute atomic E-state index is 0.108. The number of anilines is 1. The molecule has 0 unspecified atom stereocenters. The molecule has 1 amide bonds. The first-order chi connectivity index (χ1) is 11.2. The van der Waals surface area contributed by atoms with E-state index in [9.17, 15) is 4.79 Å². The Bertz CT molecular complexity index is 716. The quantitative estimate of drug-likeness (QED) is 0.632. The van der Waals surface area contributed by atoms with Crippen LogP contribution in [0.4, 0.5) is 5.69 Å². The predicted molar refractivity (Wildman–Crippen MR) is 88.4 cm³/mol. The third kappa shape index (κ3) is 5.17. The molecule has 0 aromatic heterocycles. The molecule has 6 nitrogen and oxygen atoms in total. The first kappa shape index (κ1) is 16.0. The molecule has 0 saturated carbocycles. The molecule has 0 spiro atoms. The SMILES string of the molecule is COc1ccc(NCC(=O)N/N=C\c2ccc(C#N)cc2)cc1. The van der Waals surface area contributed by atoms with E-state index in [1.165, 1.54) is 6.21 Å². The topological polar surface area (TPSA) is 86.5 Å². The first-order valence-electron chi connectivity index (χ1n) is 6.91. The fraction of sp³-hybridized carbons (Fsp3) is 0.118. The van der Waals surface area contributed by atoms with Crippen molar-refractivity contribution in [2.24, 2.45) is 5.10 Å². The van der Waals surface area contributed by atoms with Crippen LogP contribution in [-0.2, 0) is 4.79 Å². The van der Waals surface area contributed by atoms with Crippen molar-refractivity contribution in [1.29, 1.82) is 5.26 Å². The summed E-state index contributed by atoms with van der Waals surface area (Å²) in [5.41, 5.74) is 4.62. The number of nitrogens with zero attached hydrogens (tertiary/aromatic N) is 2. The van der Waals surface area contributed by atoms with E-state index in [2.05, 4.69) is 15.8 Å². The molecule has 0 radical (unpaired) electrons. The van der Waals surface area contributed by atoms with Crippen molar-refractivity contribution in [2.75, 3.05) is 19.0 Å². The van der Waals surface area contributed by atoms with Gasteiger partial charge in [0.15, 0.2) is 0 Å².